The SMILES string of the molecule is C#Cc1cccc(N2C(=O)c3ccc(C(=O)Oc4ccc(C5(c6ccc(OC(=O)c7ccc8c(c7)C(=O)N(c7cccc(C#C)c7)C8=O)cc6)c6ccccc6-c6ccccc65)cc4)cc3C2=O)c1. The highest BCUT2D eigenvalue weighted by molar-refractivity contribution is 6.35. The molecule has 10 nitrogen and oxygen atoms in total. The van der Waals surface area contributed by atoms with E-state index in [2.05, 4.69) is 36.1 Å². The Hall–Kier alpha value is -9.90. The van der Waals surface area contributed by atoms with Crippen LogP contribution >= 0.6 is 0 Å². The summed E-state index contributed by atoms with van der Waals surface area (Å²) in [5.41, 5.74) is 7.27. The molecular weight excluding hydrogens is 865 g/mol. The molecule has 4 amide bonds. The monoisotopic (exact) mass is 896 g/mol. The first-order chi connectivity index (χ1) is 33.6. The van der Waals surface area contributed by atoms with Crippen molar-refractivity contribution in [3.05, 3.63) is 249 Å². The van der Waals surface area contributed by atoms with Crippen molar-refractivity contribution in [2.24, 2.45) is 0 Å². The second kappa shape index (κ2) is 16.2. The number of rotatable bonds is 8. The molecule has 8 aromatic carbocycles. The number of fused-ring (bicyclic) bond motifs is 5. The quantitative estimate of drug-likeness (QED) is 0.0639. The highest BCUT2D eigenvalue weighted by Crippen LogP contribution is 2.56. The molecule has 11 rings (SSSR count). The minimum absolute atomic E-state index is 0.0747. The van der Waals surface area contributed by atoms with Gasteiger partial charge in [0.1, 0.15) is 11.5 Å². The summed E-state index contributed by atoms with van der Waals surface area (Å²) in [5, 5.41) is 0. The summed E-state index contributed by atoms with van der Waals surface area (Å²) in [6.07, 6.45) is 11.1. The number of hydrogen-bond donors (Lipinski definition) is 0. The van der Waals surface area contributed by atoms with Gasteiger partial charge in [-0.25, -0.2) is 19.4 Å². The van der Waals surface area contributed by atoms with Crippen LogP contribution in [-0.2, 0) is 5.41 Å². The molecule has 0 saturated heterocycles. The summed E-state index contributed by atoms with van der Waals surface area (Å²) in [4.78, 5) is 83.0. The van der Waals surface area contributed by atoms with Crippen LogP contribution in [0.15, 0.2) is 182 Å². The number of anilines is 2. The number of terminal acetylenes is 2. The van der Waals surface area contributed by atoms with Crippen molar-refractivity contribution in [2.75, 3.05) is 9.80 Å². The van der Waals surface area contributed by atoms with E-state index in [0.29, 0.717) is 22.5 Å². The van der Waals surface area contributed by atoms with E-state index in [1.54, 1.807) is 72.8 Å². The zero-order chi connectivity index (χ0) is 47.6. The van der Waals surface area contributed by atoms with E-state index >= 15 is 0 Å². The lowest BCUT2D eigenvalue weighted by Crippen LogP contribution is -2.29. The molecule has 10 heteroatoms. The van der Waals surface area contributed by atoms with Crippen LogP contribution in [0.2, 0.25) is 0 Å². The summed E-state index contributed by atoms with van der Waals surface area (Å²) in [6.45, 7) is 0. The van der Waals surface area contributed by atoms with Crippen molar-refractivity contribution in [1.82, 2.24) is 0 Å². The first-order valence-electron chi connectivity index (χ1n) is 21.6. The van der Waals surface area contributed by atoms with E-state index < -0.39 is 41.0 Å². The zero-order valence-electron chi connectivity index (χ0n) is 36.1. The van der Waals surface area contributed by atoms with Crippen LogP contribution < -0.4 is 19.3 Å². The van der Waals surface area contributed by atoms with E-state index in [0.717, 1.165) is 43.2 Å². The Morgan fingerprint density at radius 2 is 0.797 bits per heavy atom. The molecule has 2 aliphatic heterocycles. The minimum Gasteiger partial charge on any atom is -0.423 e. The molecule has 326 valence electrons. The molecule has 0 fully saturated rings. The molecule has 0 unspecified atom stereocenters. The van der Waals surface area contributed by atoms with Gasteiger partial charge in [-0.2, -0.15) is 0 Å². The van der Waals surface area contributed by atoms with E-state index in [4.69, 9.17) is 22.3 Å². The van der Waals surface area contributed by atoms with Crippen LogP contribution in [0.1, 0.15) is 95.5 Å². The Bertz CT molecular complexity index is 3430. The topological polar surface area (TPSA) is 127 Å². The maximum Gasteiger partial charge on any atom is 0.343 e. The molecule has 1 aliphatic carbocycles. The molecule has 3 aliphatic rings. The molecule has 0 saturated carbocycles. The summed E-state index contributed by atoms with van der Waals surface area (Å²) in [7, 11) is 0. The van der Waals surface area contributed by atoms with E-state index in [1.165, 1.54) is 36.4 Å². The first-order valence-corrected chi connectivity index (χ1v) is 21.6. The second-order valence-corrected chi connectivity index (χ2v) is 16.5. The molecule has 0 N–H and O–H groups in total. The predicted molar refractivity (Wildman–Crippen MR) is 258 cm³/mol. The van der Waals surface area contributed by atoms with Crippen molar-refractivity contribution >= 4 is 46.9 Å². The van der Waals surface area contributed by atoms with Gasteiger partial charge in [-0.3, -0.25) is 19.2 Å². The highest BCUT2D eigenvalue weighted by atomic mass is 16.5. The van der Waals surface area contributed by atoms with Crippen LogP contribution in [0, 0.1) is 24.7 Å². The van der Waals surface area contributed by atoms with Gasteiger partial charge in [0.15, 0.2) is 0 Å². The summed E-state index contributed by atoms with van der Waals surface area (Å²) >= 11 is 0. The normalized spacial score (nSPS) is 13.8. The van der Waals surface area contributed by atoms with Gasteiger partial charge in [-0.15, -0.1) is 12.8 Å². The van der Waals surface area contributed by atoms with Gasteiger partial charge in [-0.1, -0.05) is 96.8 Å². The number of hydrogen-bond acceptors (Lipinski definition) is 8. The number of imide groups is 2. The number of carbonyl (C=O) groups excluding carboxylic acids is 6. The van der Waals surface area contributed by atoms with Crippen molar-refractivity contribution in [2.45, 2.75) is 5.41 Å². The van der Waals surface area contributed by atoms with Crippen molar-refractivity contribution < 1.29 is 38.2 Å². The zero-order valence-corrected chi connectivity index (χ0v) is 36.1. The molecule has 2 heterocycles. The van der Waals surface area contributed by atoms with Crippen molar-refractivity contribution in [1.29, 1.82) is 0 Å². The summed E-state index contributed by atoms with van der Waals surface area (Å²) in [5.74, 6) is 1.87. The van der Waals surface area contributed by atoms with Crippen LogP contribution in [0.3, 0.4) is 0 Å². The number of benzene rings is 8. The van der Waals surface area contributed by atoms with Crippen LogP contribution in [-0.4, -0.2) is 35.6 Å². The summed E-state index contributed by atoms with van der Waals surface area (Å²) in [6, 6.07) is 52.3. The van der Waals surface area contributed by atoms with Gasteiger partial charge < -0.3 is 9.47 Å². The predicted octanol–water partition coefficient (Wildman–Crippen LogP) is 10.1. The van der Waals surface area contributed by atoms with Gasteiger partial charge in [-0.05, 0) is 130 Å². The molecular formula is C59H32N2O8. The Kier molecular flexibility index (Phi) is 9.82. The van der Waals surface area contributed by atoms with Crippen LogP contribution in [0.4, 0.5) is 11.4 Å². The minimum atomic E-state index is -0.866. The van der Waals surface area contributed by atoms with Gasteiger partial charge in [0.25, 0.3) is 23.6 Å². The lowest BCUT2D eigenvalue weighted by molar-refractivity contribution is 0.0725. The first kappa shape index (κ1) is 41.8. The molecule has 0 atom stereocenters. The number of esters is 2. The highest BCUT2D eigenvalue weighted by Gasteiger charge is 2.46. The third-order valence-electron chi connectivity index (χ3n) is 12.7. The Morgan fingerprint density at radius 1 is 0.406 bits per heavy atom. The van der Waals surface area contributed by atoms with Crippen molar-refractivity contribution in [3.63, 3.8) is 0 Å². The third-order valence-corrected chi connectivity index (χ3v) is 12.7. The van der Waals surface area contributed by atoms with E-state index in [9.17, 15) is 28.8 Å². The Balaban J connectivity index is 0.868. The Labute approximate surface area is 395 Å². The molecule has 0 spiro atoms. The molecule has 0 bridgehead atoms. The van der Waals surface area contributed by atoms with E-state index in [1.807, 2.05) is 48.5 Å². The number of carbonyl (C=O) groups is 6. The van der Waals surface area contributed by atoms with Gasteiger partial charge >= 0.3 is 11.9 Å². The van der Waals surface area contributed by atoms with E-state index in [-0.39, 0.29) is 44.9 Å². The van der Waals surface area contributed by atoms with Gasteiger partial charge in [0, 0.05) is 11.1 Å². The average Bonchev–Trinajstić information content (AvgIpc) is 3.94. The third kappa shape index (κ3) is 6.63. The number of nitrogens with zero attached hydrogens (tertiary/aromatic N) is 2. The summed E-state index contributed by atoms with van der Waals surface area (Å²) < 4.78 is 11.7. The molecule has 69 heavy (non-hydrogen) atoms. The lowest BCUT2D eigenvalue weighted by Gasteiger charge is -2.34. The fraction of sp³-hybridized carbons (Fsp3) is 0.0169. The fourth-order valence-corrected chi connectivity index (χ4v) is 9.58. The Morgan fingerprint density at radius 3 is 1.20 bits per heavy atom. The second-order valence-electron chi connectivity index (χ2n) is 16.5. The molecule has 0 aromatic heterocycles. The lowest BCUT2D eigenvalue weighted by atomic mass is 9.68. The maximum atomic E-state index is 13.6. The van der Waals surface area contributed by atoms with Crippen LogP contribution in [0.5, 0.6) is 11.5 Å². The van der Waals surface area contributed by atoms with Gasteiger partial charge in [0.05, 0.1) is 50.2 Å². The standard InChI is InChI=1S/C59H32N2O8/c1-3-35-11-9-13-41(31-35)60-53(62)47-29-19-37(33-49(47)55(60)64)57(66)68-43-25-21-39(22-26-43)59(51-17-7-5-15-45(51)46-16-6-8-18-52(46)59)40-23-27-44(28-24-40)69-58(67)38-20-30-48-50(34-38)56(65)61(54(48)63)42-14-10-12-36(4-2)32-42/h1-2,5-34H. The average molecular weight is 897 g/mol. The number of ether oxygens (including phenoxy) is 2. The van der Waals surface area contributed by atoms with Crippen LogP contribution in [0.25, 0.3) is 11.1 Å². The molecule has 8 aromatic rings. The largest absolute Gasteiger partial charge is 0.423 e. The molecule has 0 radical (unpaired) electrons. The smallest absolute Gasteiger partial charge is 0.343 e. The van der Waals surface area contributed by atoms with Crippen molar-refractivity contribution in [3.8, 4) is 47.3 Å². The fourth-order valence-electron chi connectivity index (χ4n) is 9.58. The maximum absolute atomic E-state index is 13.6. The van der Waals surface area contributed by atoms with Gasteiger partial charge in [0.2, 0.25) is 0 Å². The number of amides is 4.